The predicted molar refractivity (Wildman–Crippen MR) is 72.0 cm³/mol. The Morgan fingerprint density at radius 1 is 1.22 bits per heavy atom. The Balaban J connectivity index is 1.74. The number of hydrogen-bond donors (Lipinski definition) is 1. The standard InChI is InChI=1S/C15H23N3/c1-2-7-18-15(11-8-16-10-17-9-11)14-12-5-3-4-6-13(12)14/h8-10,12-15,18H,2-7H2,1H3. The SMILES string of the molecule is CCCNC(c1cncnc1)C1C2CCCCC21. The third-order valence-electron chi connectivity index (χ3n) is 4.66. The topological polar surface area (TPSA) is 37.8 Å². The minimum Gasteiger partial charge on any atom is -0.310 e. The number of nitrogens with one attached hydrogen (secondary N) is 1. The third-order valence-corrected chi connectivity index (χ3v) is 4.66. The van der Waals surface area contributed by atoms with E-state index in [1.165, 1.54) is 37.7 Å². The van der Waals surface area contributed by atoms with Crippen LogP contribution in [0.2, 0.25) is 0 Å². The first kappa shape index (κ1) is 12.1. The van der Waals surface area contributed by atoms with E-state index >= 15 is 0 Å². The zero-order chi connectivity index (χ0) is 12.4. The molecular formula is C15H23N3. The zero-order valence-electron chi connectivity index (χ0n) is 11.2. The van der Waals surface area contributed by atoms with Gasteiger partial charge in [0.15, 0.2) is 0 Å². The molecule has 18 heavy (non-hydrogen) atoms. The first-order chi connectivity index (χ1) is 8.92. The summed E-state index contributed by atoms with van der Waals surface area (Å²) >= 11 is 0. The van der Waals surface area contributed by atoms with E-state index in [9.17, 15) is 0 Å². The maximum atomic E-state index is 4.19. The van der Waals surface area contributed by atoms with Crippen molar-refractivity contribution in [1.29, 1.82) is 0 Å². The van der Waals surface area contributed by atoms with Gasteiger partial charge in [-0.3, -0.25) is 0 Å². The fourth-order valence-electron chi connectivity index (χ4n) is 3.79. The van der Waals surface area contributed by atoms with E-state index < -0.39 is 0 Å². The highest BCUT2D eigenvalue weighted by Gasteiger charge is 2.54. The van der Waals surface area contributed by atoms with E-state index in [4.69, 9.17) is 0 Å². The van der Waals surface area contributed by atoms with E-state index in [-0.39, 0.29) is 0 Å². The van der Waals surface area contributed by atoms with Crippen molar-refractivity contribution >= 4 is 0 Å². The van der Waals surface area contributed by atoms with Crippen molar-refractivity contribution in [3.63, 3.8) is 0 Å². The molecule has 0 bridgehead atoms. The van der Waals surface area contributed by atoms with Crippen molar-refractivity contribution in [3.05, 3.63) is 24.3 Å². The molecular weight excluding hydrogens is 222 g/mol. The van der Waals surface area contributed by atoms with Crippen LogP contribution in [0.4, 0.5) is 0 Å². The molecule has 1 heterocycles. The molecule has 1 N–H and O–H groups in total. The zero-order valence-corrected chi connectivity index (χ0v) is 11.2. The molecule has 2 aliphatic rings. The summed E-state index contributed by atoms with van der Waals surface area (Å²) in [6.07, 6.45) is 12.5. The van der Waals surface area contributed by atoms with Crippen LogP contribution in [-0.4, -0.2) is 16.5 Å². The molecule has 3 heteroatoms. The van der Waals surface area contributed by atoms with E-state index in [2.05, 4.69) is 22.2 Å². The van der Waals surface area contributed by atoms with Gasteiger partial charge >= 0.3 is 0 Å². The van der Waals surface area contributed by atoms with Crippen LogP contribution in [0.15, 0.2) is 18.7 Å². The van der Waals surface area contributed by atoms with Crippen LogP contribution in [0.3, 0.4) is 0 Å². The Labute approximate surface area is 109 Å². The van der Waals surface area contributed by atoms with Crippen LogP contribution in [0.25, 0.3) is 0 Å². The molecule has 2 aliphatic carbocycles. The summed E-state index contributed by atoms with van der Waals surface area (Å²) in [7, 11) is 0. The van der Waals surface area contributed by atoms with Crippen molar-refractivity contribution in [2.75, 3.05) is 6.54 Å². The quantitative estimate of drug-likeness (QED) is 0.866. The lowest BCUT2D eigenvalue weighted by molar-refractivity contribution is 0.443. The molecule has 0 aromatic carbocycles. The van der Waals surface area contributed by atoms with Crippen molar-refractivity contribution in [1.82, 2.24) is 15.3 Å². The van der Waals surface area contributed by atoms with Gasteiger partial charge in [0, 0.05) is 24.0 Å². The summed E-state index contributed by atoms with van der Waals surface area (Å²) in [5.41, 5.74) is 1.28. The Kier molecular flexibility index (Phi) is 3.59. The molecule has 0 saturated heterocycles. The minimum atomic E-state index is 0.485. The minimum absolute atomic E-state index is 0.485. The summed E-state index contributed by atoms with van der Waals surface area (Å²) in [6, 6.07) is 0.485. The molecule has 2 fully saturated rings. The summed E-state index contributed by atoms with van der Waals surface area (Å²) < 4.78 is 0. The summed E-state index contributed by atoms with van der Waals surface area (Å²) in [5, 5.41) is 3.72. The van der Waals surface area contributed by atoms with E-state index in [1.807, 2.05) is 12.4 Å². The van der Waals surface area contributed by atoms with Gasteiger partial charge in [-0.2, -0.15) is 0 Å². The summed E-state index contributed by atoms with van der Waals surface area (Å²) in [6.45, 7) is 3.32. The van der Waals surface area contributed by atoms with Gasteiger partial charge in [-0.1, -0.05) is 19.8 Å². The molecule has 2 saturated carbocycles. The van der Waals surface area contributed by atoms with Crippen LogP contribution in [-0.2, 0) is 0 Å². The van der Waals surface area contributed by atoms with Crippen LogP contribution >= 0.6 is 0 Å². The van der Waals surface area contributed by atoms with E-state index in [0.717, 1.165) is 24.3 Å². The average Bonchev–Trinajstić information content (AvgIpc) is 3.15. The Hall–Kier alpha value is -0.960. The molecule has 0 radical (unpaired) electrons. The number of nitrogens with zero attached hydrogens (tertiary/aromatic N) is 2. The average molecular weight is 245 g/mol. The fourth-order valence-corrected chi connectivity index (χ4v) is 3.79. The second kappa shape index (κ2) is 5.35. The predicted octanol–water partition coefficient (Wildman–Crippen LogP) is 2.95. The van der Waals surface area contributed by atoms with Crippen molar-refractivity contribution in [3.8, 4) is 0 Å². The third kappa shape index (κ3) is 2.28. The highest BCUT2D eigenvalue weighted by molar-refractivity contribution is 5.17. The van der Waals surface area contributed by atoms with E-state index in [0.29, 0.717) is 6.04 Å². The van der Waals surface area contributed by atoms with Gasteiger partial charge < -0.3 is 5.32 Å². The molecule has 98 valence electrons. The second-order valence-corrected chi connectivity index (χ2v) is 5.79. The Bertz CT molecular complexity index is 367. The van der Waals surface area contributed by atoms with Crippen LogP contribution < -0.4 is 5.32 Å². The Morgan fingerprint density at radius 3 is 2.50 bits per heavy atom. The van der Waals surface area contributed by atoms with Crippen LogP contribution in [0, 0.1) is 17.8 Å². The monoisotopic (exact) mass is 245 g/mol. The van der Waals surface area contributed by atoms with Gasteiger partial charge in [0.25, 0.3) is 0 Å². The normalized spacial score (nSPS) is 31.7. The highest BCUT2D eigenvalue weighted by Crippen LogP contribution is 2.60. The van der Waals surface area contributed by atoms with Gasteiger partial charge in [0.1, 0.15) is 6.33 Å². The maximum Gasteiger partial charge on any atom is 0.115 e. The molecule has 1 aromatic heterocycles. The highest BCUT2D eigenvalue weighted by atomic mass is 15.0. The molecule has 0 amide bonds. The summed E-state index contributed by atoms with van der Waals surface area (Å²) in [5.74, 6) is 2.77. The molecule has 3 unspecified atom stereocenters. The van der Waals surface area contributed by atoms with Crippen molar-refractivity contribution < 1.29 is 0 Å². The van der Waals surface area contributed by atoms with Crippen molar-refractivity contribution in [2.24, 2.45) is 17.8 Å². The van der Waals surface area contributed by atoms with Crippen LogP contribution in [0.1, 0.15) is 50.6 Å². The smallest absolute Gasteiger partial charge is 0.115 e. The number of aromatic nitrogens is 2. The number of rotatable bonds is 5. The fraction of sp³-hybridized carbons (Fsp3) is 0.733. The second-order valence-electron chi connectivity index (χ2n) is 5.79. The lowest BCUT2D eigenvalue weighted by Crippen LogP contribution is -2.25. The van der Waals surface area contributed by atoms with Gasteiger partial charge in [-0.25, -0.2) is 9.97 Å². The lowest BCUT2D eigenvalue weighted by Gasteiger charge is -2.18. The first-order valence-electron chi connectivity index (χ1n) is 7.40. The molecule has 3 rings (SSSR count). The molecule has 1 aromatic rings. The van der Waals surface area contributed by atoms with Gasteiger partial charge in [0.05, 0.1) is 0 Å². The van der Waals surface area contributed by atoms with Crippen LogP contribution in [0.5, 0.6) is 0 Å². The Morgan fingerprint density at radius 2 is 1.89 bits per heavy atom. The van der Waals surface area contributed by atoms with Crippen molar-refractivity contribution in [2.45, 2.75) is 45.1 Å². The largest absolute Gasteiger partial charge is 0.310 e. The van der Waals surface area contributed by atoms with Gasteiger partial charge in [-0.15, -0.1) is 0 Å². The lowest BCUT2D eigenvalue weighted by atomic mass is 10.0. The first-order valence-corrected chi connectivity index (χ1v) is 7.40. The number of hydrogen-bond acceptors (Lipinski definition) is 3. The summed E-state index contributed by atoms with van der Waals surface area (Å²) in [4.78, 5) is 8.38. The molecule has 3 atom stereocenters. The van der Waals surface area contributed by atoms with Gasteiger partial charge in [0.2, 0.25) is 0 Å². The van der Waals surface area contributed by atoms with E-state index in [1.54, 1.807) is 6.33 Å². The number of fused-ring (bicyclic) bond motifs is 1. The maximum absolute atomic E-state index is 4.19. The molecule has 3 nitrogen and oxygen atoms in total. The molecule has 0 spiro atoms. The van der Waals surface area contributed by atoms with Gasteiger partial charge in [-0.05, 0) is 43.6 Å². The molecule has 0 aliphatic heterocycles.